The molecule has 0 saturated heterocycles. The number of nitrogens with zero attached hydrogens (tertiary/aromatic N) is 1. The van der Waals surface area contributed by atoms with Crippen molar-refractivity contribution in [3.8, 4) is 0 Å². The lowest BCUT2D eigenvalue weighted by Crippen LogP contribution is -2.35. The van der Waals surface area contributed by atoms with Crippen LogP contribution in [0.15, 0.2) is 36.4 Å². The average Bonchev–Trinajstić information content (AvgIpc) is 2.64. The Morgan fingerprint density at radius 3 is 2.47 bits per heavy atom. The molecule has 0 saturated carbocycles. The fraction of sp³-hybridized carbons (Fsp3) is 0.481. The number of aliphatic hydroxyl groups excluding tert-OH is 1. The summed E-state index contributed by atoms with van der Waals surface area (Å²) in [7, 11) is 0. The van der Waals surface area contributed by atoms with Crippen LogP contribution < -0.4 is 5.06 Å². The molecule has 0 fully saturated rings. The topological polar surface area (TPSA) is 32.7 Å². The van der Waals surface area contributed by atoms with E-state index in [0.29, 0.717) is 12.3 Å². The van der Waals surface area contributed by atoms with Crippen LogP contribution in [-0.4, -0.2) is 17.3 Å². The molecular formula is C27H37NO2. The monoisotopic (exact) mass is 407 g/mol. The summed E-state index contributed by atoms with van der Waals surface area (Å²) in [5.41, 5.74) is 8.84. The smallest absolute Gasteiger partial charge is 0.100 e. The second-order valence-corrected chi connectivity index (χ2v) is 9.37. The second-order valence-electron chi connectivity index (χ2n) is 9.37. The van der Waals surface area contributed by atoms with Crippen LogP contribution in [0, 0.1) is 26.7 Å². The number of aryl methyl sites for hydroxylation is 2. The van der Waals surface area contributed by atoms with Crippen LogP contribution in [0.2, 0.25) is 0 Å². The van der Waals surface area contributed by atoms with E-state index in [4.69, 9.17) is 4.84 Å². The van der Waals surface area contributed by atoms with Crippen LogP contribution in [0.3, 0.4) is 0 Å². The number of hydrogen-bond donors (Lipinski definition) is 1. The van der Waals surface area contributed by atoms with Crippen molar-refractivity contribution in [3.63, 3.8) is 0 Å². The molecule has 1 heterocycles. The molecule has 1 N–H and O–H groups in total. The summed E-state index contributed by atoms with van der Waals surface area (Å²) in [6.07, 6.45) is 5.69. The first-order chi connectivity index (χ1) is 14.2. The van der Waals surface area contributed by atoms with Gasteiger partial charge in [0.2, 0.25) is 0 Å². The fourth-order valence-corrected chi connectivity index (χ4v) is 4.47. The third-order valence-corrected chi connectivity index (χ3v) is 5.87. The molecule has 3 unspecified atom stereocenters. The molecule has 0 aromatic heterocycles. The van der Waals surface area contributed by atoms with E-state index in [9.17, 15) is 5.11 Å². The van der Waals surface area contributed by atoms with Crippen molar-refractivity contribution in [3.05, 3.63) is 69.8 Å². The summed E-state index contributed by atoms with van der Waals surface area (Å²) in [4.78, 5) is 6.51. The summed E-state index contributed by atoms with van der Waals surface area (Å²) < 4.78 is 0. The molecule has 3 heteroatoms. The van der Waals surface area contributed by atoms with Crippen LogP contribution >= 0.6 is 0 Å². The molecule has 2 aromatic rings. The summed E-state index contributed by atoms with van der Waals surface area (Å²) >= 11 is 0. The van der Waals surface area contributed by atoms with Crippen molar-refractivity contribution in [2.24, 2.45) is 5.92 Å². The normalized spacial score (nSPS) is 17.9. The van der Waals surface area contributed by atoms with E-state index >= 15 is 0 Å². The number of hydroxylamine groups is 1. The Balaban J connectivity index is 2.09. The number of aliphatic hydroxyl groups is 1. The van der Waals surface area contributed by atoms with E-state index in [0.717, 1.165) is 12.1 Å². The van der Waals surface area contributed by atoms with Gasteiger partial charge >= 0.3 is 0 Å². The molecule has 3 nitrogen and oxygen atoms in total. The predicted octanol–water partition coefficient (Wildman–Crippen LogP) is 6.48. The number of rotatable bonds is 7. The van der Waals surface area contributed by atoms with Crippen LogP contribution in [0.4, 0.5) is 5.69 Å². The lowest BCUT2D eigenvalue weighted by Gasteiger charge is -2.38. The number of hydrogen-bond acceptors (Lipinski definition) is 3. The van der Waals surface area contributed by atoms with Crippen molar-refractivity contribution in [2.75, 3.05) is 5.06 Å². The molecule has 1 aliphatic rings. The summed E-state index contributed by atoms with van der Waals surface area (Å²) in [5.74, 6) is 0.591. The van der Waals surface area contributed by atoms with Gasteiger partial charge in [0.1, 0.15) is 6.04 Å². The highest BCUT2D eigenvalue weighted by Gasteiger charge is 2.29. The predicted molar refractivity (Wildman–Crippen MR) is 127 cm³/mol. The van der Waals surface area contributed by atoms with Gasteiger partial charge in [0.15, 0.2) is 0 Å². The SMILES string of the molecule is Cc1cc(C)c(C)c(C2C=Cc3c(CC(C)C)cccc3N2OC(C)CC(C)O)c1. The molecule has 3 atom stereocenters. The molecule has 30 heavy (non-hydrogen) atoms. The van der Waals surface area contributed by atoms with Crippen LogP contribution in [0.5, 0.6) is 0 Å². The van der Waals surface area contributed by atoms with Crippen molar-refractivity contribution < 1.29 is 9.94 Å². The molecule has 162 valence electrons. The molecule has 0 radical (unpaired) electrons. The van der Waals surface area contributed by atoms with E-state index in [2.05, 4.69) is 82.2 Å². The molecule has 1 aliphatic heterocycles. The zero-order valence-electron chi connectivity index (χ0n) is 19.6. The third-order valence-electron chi connectivity index (χ3n) is 5.87. The van der Waals surface area contributed by atoms with Gasteiger partial charge < -0.3 is 5.11 Å². The van der Waals surface area contributed by atoms with Gasteiger partial charge in [-0.25, -0.2) is 5.06 Å². The van der Waals surface area contributed by atoms with Crippen LogP contribution in [-0.2, 0) is 11.3 Å². The number of fused-ring (bicyclic) bond motifs is 1. The van der Waals surface area contributed by atoms with E-state index in [1.165, 1.54) is 33.4 Å². The minimum atomic E-state index is -0.395. The van der Waals surface area contributed by atoms with E-state index in [1.807, 2.05) is 13.8 Å². The summed E-state index contributed by atoms with van der Waals surface area (Å²) in [5, 5.41) is 12.0. The highest BCUT2D eigenvalue weighted by molar-refractivity contribution is 5.75. The largest absolute Gasteiger partial charge is 0.393 e. The average molecular weight is 408 g/mol. The van der Waals surface area contributed by atoms with Gasteiger partial charge in [-0.15, -0.1) is 0 Å². The molecule has 0 amide bonds. The maximum absolute atomic E-state index is 9.88. The zero-order chi connectivity index (χ0) is 22.0. The van der Waals surface area contributed by atoms with E-state index < -0.39 is 6.10 Å². The minimum absolute atomic E-state index is 0.00171. The Morgan fingerprint density at radius 2 is 1.80 bits per heavy atom. The maximum Gasteiger partial charge on any atom is 0.100 e. The van der Waals surface area contributed by atoms with Gasteiger partial charge in [0, 0.05) is 12.0 Å². The van der Waals surface area contributed by atoms with Gasteiger partial charge in [0.05, 0.1) is 17.9 Å². The highest BCUT2D eigenvalue weighted by Crippen LogP contribution is 2.41. The molecule has 3 rings (SSSR count). The van der Waals surface area contributed by atoms with E-state index in [1.54, 1.807) is 0 Å². The van der Waals surface area contributed by atoms with Gasteiger partial charge in [-0.1, -0.05) is 55.8 Å². The lowest BCUT2D eigenvalue weighted by atomic mass is 9.89. The Kier molecular flexibility index (Phi) is 7.05. The number of anilines is 1. The summed E-state index contributed by atoms with van der Waals surface area (Å²) in [6.45, 7) is 14.9. The first-order valence-electron chi connectivity index (χ1n) is 11.2. The summed E-state index contributed by atoms with van der Waals surface area (Å²) in [6, 6.07) is 11.0. The lowest BCUT2D eigenvalue weighted by molar-refractivity contribution is 0.00468. The highest BCUT2D eigenvalue weighted by atomic mass is 16.7. The van der Waals surface area contributed by atoms with E-state index in [-0.39, 0.29) is 12.1 Å². The Morgan fingerprint density at radius 1 is 1.07 bits per heavy atom. The second kappa shape index (κ2) is 9.36. The van der Waals surface area contributed by atoms with Crippen molar-refractivity contribution in [2.45, 2.75) is 79.6 Å². The third kappa shape index (κ3) is 4.96. The van der Waals surface area contributed by atoms with Gasteiger partial charge in [-0.05, 0) is 75.3 Å². The van der Waals surface area contributed by atoms with Crippen molar-refractivity contribution >= 4 is 11.8 Å². The molecular weight excluding hydrogens is 370 g/mol. The Labute approximate surface area is 182 Å². The van der Waals surface area contributed by atoms with Gasteiger partial charge in [-0.3, -0.25) is 4.84 Å². The molecule has 0 aliphatic carbocycles. The first-order valence-corrected chi connectivity index (χ1v) is 11.2. The maximum atomic E-state index is 9.88. The molecule has 0 bridgehead atoms. The van der Waals surface area contributed by atoms with Crippen LogP contribution in [0.1, 0.15) is 73.5 Å². The van der Waals surface area contributed by atoms with Gasteiger partial charge in [0.25, 0.3) is 0 Å². The Hall–Kier alpha value is -2.10. The molecule has 0 spiro atoms. The standard InChI is InChI=1S/C27H37NO2/c1-17(2)13-23-9-8-10-26-24(23)11-12-27(28(26)30-21(6)16-20(5)29)25-15-18(3)14-19(4)22(25)7/h8-12,14-15,17,20-21,27,29H,13,16H2,1-7H3. The van der Waals surface area contributed by atoms with Gasteiger partial charge in [-0.2, -0.15) is 0 Å². The van der Waals surface area contributed by atoms with Crippen molar-refractivity contribution in [1.82, 2.24) is 0 Å². The van der Waals surface area contributed by atoms with Crippen molar-refractivity contribution in [1.29, 1.82) is 0 Å². The fourth-order valence-electron chi connectivity index (χ4n) is 4.47. The quantitative estimate of drug-likeness (QED) is 0.570. The zero-order valence-corrected chi connectivity index (χ0v) is 19.6. The Bertz CT molecular complexity index is 913. The number of benzene rings is 2. The van der Waals surface area contributed by atoms with Crippen LogP contribution in [0.25, 0.3) is 6.08 Å². The molecule has 2 aromatic carbocycles. The minimum Gasteiger partial charge on any atom is -0.393 e. The first kappa shape index (κ1) is 22.6.